The fourth-order valence-electron chi connectivity index (χ4n) is 3.63. The van der Waals surface area contributed by atoms with Crippen molar-refractivity contribution in [1.82, 2.24) is 14.9 Å². The minimum absolute atomic E-state index is 0.775. The highest BCUT2D eigenvalue weighted by Gasteiger charge is 2.20. The van der Waals surface area contributed by atoms with Gasteiger partial charge in [-0.15, -0.1) is 0 Å². The van der Waals surface area contributed by atoms with Crippen LogP contribution in [-0.2, 0) is 11.3 Å². The molecule has 1 aromatic carbocycles. The van der Waals surface area contributed by atoms with Gasteiger partial charge in [-0.3, -0.25) is 4.90 Å². The first-order chi connectivity index (χ1) is 12.8. The Balaban J connectivity index is 1.35. The topological polar surface area (TPSA) is 44.7 Å². The van der Waals surface area contributed by atoms with E-state index in [-0.39, 0.29) is 0 Å². The quantitative estimate of drug-likeness (QED) is 0.837. The zero-order chi connectivity index (χ0) is 17.8. The molecule has 2 aliphatic rings. The van der Waals surface area contributed by atoms with Crippen LogP contribution in [0.4, 0.5) is 11.8 Å². The SMILES string of the molecule is Cc1cccc(CN2CCN(c3nccc(N4CCOCC4)n3)CC2)c1. The van der Waals surface area contributed by atoms with Gasteiger partial charge in [-0.1, -0.05) is 29.8 Å². The van der Waals surface area contributed by atoms with E-state index in [9.17, 15) is 0 Å². The highest BCUT2D eigenvalue weighted by molar-refractivity contribution is 5.44. The number of nitrogens with zero attached hydrogens (tertiary/aromatic N) is 5. The molecule has 3 heterocycles. The van der Waals surface area contributed by atoms with Crippen LogP contribution in [-0.4, -0.2) is 67.4 Å². The molecule has 0 bridgehead atoms. The van der Waals surface area contributed by atoms with E-state index in [0.29, 0.717) is 0 Å². The summed E-state index contributed by atoms with van der Waals surface area (Å²) in [7, 11) is 0. The summed E-state index contributed by atoms with van der Waals surface area (Å²) in [6, 6.07) is 10.8. The summed E-state index contributed by atoms with van der Waals surface area (Å²) in [4.78, 5) is 16.4. The molecule has 0 unspecified atom stereocenters. The maximum absolute atomic E-state index is 5.43. The van der Waals surface area contributed by atoms with Gasteiger partial charge in [0.05, 0.1) is 13.2 Å². The number of hydrogen-bond acceptors (Lipinski definition) is 6. The van der Waals surface area contributed by atoms with E-state index < -0.39 is 0 Å². The molecule has 0 saturated carbocycles. The van der Waals surface area contributed by atoms with Gasteiger partial charge in [-0.25, -0.2) is 4.98 Å². The van der Waals surface area contributed by atoms with Crippen LogP contribution in [0.5, 0.6) is 0 Å². The number of piperazine rings is 1. The lowest BCUT2D eigenvalue weighted by Gasteiger charge is -2.35. The number of rotatable bonds is 4. The molecule has 0 radical (unpaired) electrons. The lowest BCUT2D eigenvalue weighted by atomic mass is 10.1. The maximum Gasteiger partial charge on any atom is 0.227 e. The minimum atomic E-state index is 0.775. The van der Waals surface area contributed by atoms with Crippen LogP contribution in [0.3, 0.4) is 0 Å². The average Bonchev–Trinajstić information content (AvgIpc) is 2.69. The lowest BCUT2D eigenvalue weighted by Crippen LogP contribution is -2.46. The second kappa shape index (κ2) is 8.01. The summed E-state index contributed by atoms with van der Waals surface area (Å²) in [6.07, 6.45) is 1.88. The Morgan fingerprint density at radius 1 is 0.962 bits per heavy atom. The summed E-state index contributed by atoms with van der Waals surface area (Å²) < 4.78 is 5.43. The van der Waals surface area contributed by atoms with E-state index in [4.69, 9.17) is 9.72 Å². The molecule has 0 aliphatic carbocycles. The number of ether oxygens (including phenoxy) is 1. The molecule has 2 aliphatic heterocycles. The molecular weight excluding hydrogens is 326 g/mol. The van der Waals surface area contributed by atoms with Crippen LogP contribution in [0.25, 0.3) is 0 Å². The van der Waals surface area contributed by atoms with Crippen molar-refractivity contribution in [3.63, 3.8) is 0 Å². The normalized spacial score (nSPS) is 19.0. The molecule has 2 aromatic rings. The van der Waals surface area contributed by atoms with E-state index in [1.807, 2.05) is 12.3 Å². The lowest BCUT2D eigenvalue weighted by molar-refractivity contribution is 0.122. The number of benzene rings is 1. The summed E-state index contributed by atoms with van der Waals surface area (Å²) in [6.45, 7) is 10.6. The van der Waals surface area contributed by atoms with Crippen LogP contribution < -0.4 is 9.80 Å². The molecule has 0 spiro atoms. The fraction of sp³-hybridized carbons (Fsp3) is 0.500. The standard InChI is InChI=1S/C20H27N5O/c1-17-3-2-4-18(15-17)16-23-7-9-25(10-8-23)20-21-6-5-19(22-20)24-11-13-26-14-12-24/h2-6,15H,7-14,16H2,1H3. The van der Waals surface area contributed by atoms with Gasteiger partial charge in [0.1, 0.15) is 5.82 Å². The van der Waals surface area contributed by atoms with Crippen molar-refractivity contribution < 1.29 is 4.74 Å². The van der Waals surface area contributed by atoms with Gasteiger partial charge in [-0.2, -0.15) is 4.98 Å². The highest BCUT2D eigenvalue weighted by Crippen LogP contribution is 2.18. The van der Waals surface area contributed by atoms with Gasteiger partial charge in [0.25, 0.3) is 0 Å². The molecule has 1 aromatic heterocycles. The maximum atomic E-state index is 5.43. The Labute approximate surface area is 155 Å². The number of hydrogen-bond donors (Lipinski definition) is 0. The largest absolute Gasteiger partial charge is 0.378 e. The third-order valence-corrected chi connectivity index (χ3v) is 5.11. The fourth-order valence-corrected chi connectivity index (χ4v) is 3.63. The van der Waals surface area contributed by atoms with Crippen molar-refractivity contribution in [3.8, 4) is 0 Å². The van der Waals surface area contributed by atoms with E-state index in [1.54, 1.807) is 0 Å². The van der Waals surface area contributed by atoms with Crippen molar-refractivity contribution in [2.24, 2.45) is 0 Å². The average molecular weight is 353 g/mol. The molecule has 26 heavy (non-hydrogen) atoms. The molecule has 4 rings (SSSR count). The van der Waals surface area contributed by atoms with E-state index in [0.717, 1.165) is 70.8 Å². The molecular formula is C20H27N5O. The van der Waals surface area contributed by atoms with Gasteiger partial charge in [0.2, 0.25) is 5.95 Å². The molecule has 2 saturated heterocycles. The number of morpholine rings is 1. The zero-order valence-electron chi connectivity index (χ0n) is 15.5. The first kappa shape index (κ1) is 17.2. The summed E-state index contributed by atoms with van der Waals surface area (Å²) in [5.74, 6) is 1.87. The first-order valence-corrected chi connectivity index (χ1v) is 9.46. The number of aryl methyl sites for hydroxylation is 1. The monoisotopic (exact) mass is 353 g/mol. The molecule has 0 atom stereocenters. The third kappa shape index (κ3) is 4.14. The predicted molar refractivity (Wildman–Crippen MR) is 104 cm³/mol. The second-order valence-corrected chi connectivity index (χ2v) is 7.07. The Morgan fingerprint density at radius 2 is 1.77 bits per heavy atom. The molecule has 6 heteroatoms. The van der Waals surface area contributed by atoms with Crippen LogP contribution in [0.15, 0.2) is 36.5 Å². The van der Waals surface area contributed by atoms with Gasteiger partial charge >= 0.3 is 0 Å². The smallest absolute Gasteiger partial charge is 0.227 e. The molecule has 0 amide bonds. The molecule has 6 nitrogen and oxygen atoms in total. The Bertz CT molecular complexity index is 724. The van der Waals surface area contributed by atoms with Crippen LogP contribution in [0.1, 0.15) is 11.1 Å². The van der Waals surface area contributed by atoms with E-state index in [1.165, 1.54) is 11.1 Å². The summed E-state index contributed by atoms with van der Waals surface area (Å²) in [5.41, 5.74) is 2.72. The third-order valence-electron chi connectivity index (χ3n) is 5.11. The van der Waals surface area contributed by atoms with Crippen molar-refractivity contribution in [3.05, 3.63) is 47.7 Å². The predicted octanol–water partition coefficient (Wildman–Crippen LogP) is 1.94. The van der Waals surface area contributed by atoms with Gasteiger partial charge < -0.3 is 14.5 Å². The van der Waals surface area contributed by atoms with Crippen LogP contribution in [0, 0.1) is 6.92 Å². The van der Waals surface area contributed by atoms with Gasteiger partial charge in [-0.05, 0) is 18.6 Å². The zero-order valence-corrected chi connectivity index (χ0v) is 15.5. The molecule has 138 valence electrons. The Hall–Kier alpha value is -2.18. The molecule has 2 fully saturated rings. The van der Waals surface area contributed by atoms with E-state index >= 15 is 0 Å². The Kier molecular flexibility index (Phi) is 5.32. The van der Waals surface area contributed by atoms with Crippen LogP contribution >= 0.6 is 0 Å². The van der Waals surface area contributed by atoms with Crippen molar-refractivity contribution >= 4 is 11.8 Å². The molecule has 0 N–H and O–H groups in total. The van der Waals surface area contributed by atoms with Crippen LogP contribution in [0.2, 0.25) is 0 Å². The second-order valence-electron chi connectivity index (χ2n) is 7.07. The van der Waals surface area contributed by atoms with Gasteiger partial charge in [0.15, 0.2) is 0 Å². The van der Waals surface area contributed by atoms with Crippen molar-refractivity contribution in [2.45, 2.75) is 13.5 Å². The minimum Gasteiger partial charge on any atom is -0.378 e. The highest BCUT2D eigenvalue weighted by atomic mass is 16.5. The van der Waals surface area contributed by atoms with Gasteiger partial charge in [0, 0.05) is 52.0 Å². The Morgan fingerprint density at radius 3 is 2.54 bits per heavy atom. The summed E-state index contributed by atoms with van der Waals surface area (Å²) >= 11 is 0. The van der Waals surface area contributed by atoms with Crippen molar-refractivity contribution in [1.29, 1.82) is 0 Å². The van der Waals surface area contributed by atoms with E-state index in [2.05, 4.69) is 50.9 Å². The number of anilines is 2. The first-order valence-electron chi connectivity index (χ1n) is 9.46. The summed E-state index contributed by atoms with van der Waals surface area (Å²) in [5, 5.41) is 0. The van der Waals surface area contributed by atoms with Crippen molar-refractivity contribution in [2.75, 3.05) is 62.3 Å². The number of aromatic nitrogens is 2.